The van der Waals surface area contributed by atoms with Gasteiger partial charge < -0.3 is 20.7 Å². The van der Waals surface area contributed by atoms with Crippen LogP contribution in [-0.4, -0.2) is 37.7 Å². The first-order valence-corrected chi connectivity index (χ1v) is 9.50. The van der Waals surface area contributed by atoms with Crippen LogP contribution in [0.25, 0.3) is 0 Å². The lowest BCUT2D eigenvalue weighted by Gasteiger charge is -2.26. The molecule has 5 heteroatoms. The van der Waals surface area contributed by atoms with Crippen LogP contribution in [-0.2, 0) is 0 Å². The van der Waals surface area contributed by atoms with Crippen LogP contribution in [0.3, 0.4) is 0 Å². The van der Waals surface area contributed by atoms with Crippen molar-refractivity contribution in [2.24, 2.45) is 5.73 Å². The zero-order chi connectivity index (χ0) is 15.9. The summed E-state index contributed by atoms with van der Waals surface area (Å²) in [6, 6.07) is 8.41. The number of nitrogens with one attached hydrogen (secondary N) is 1. The molecule has 0 spiro atoms. The van der Waals surface area contributed by atoms with Gasteiger partial charge >= 0.3 is 0 Å². The molecule has 0 aromatic heterocycles. The molecule has 0 bridgehead atoms. The molecule has 1 aromatic carbocycles. The van der Waals surface area contributed by atoms with E-state index in [1.165, 1.54) is 42.8 Å². The van der Waals surface area contributed by atoms with Crippen LogP contribution in [0, 0.1) is 0 Å². The van der Waals surface area contributed by atoms with Gasteiger partial charge in [-0.2, -0.15) is 0 Å². The van der Waals surface area contributed by atoms with Crippen molar-refractivity contribution in [3.05, 3.63) is 40.9 Å². The molecule has 1 aromatic rings. The van der Waals surface area contributed by atoms with Gasteiger partial charge in [-0.15, -0.1) is 0 Å². The van der Waals surface area contributed by atoms with Crippen molar-refractivity contribution in [2.45, 2.75) is 31.1 Å². The lowest BCUT2D eigenvalue weighted by Crippen LogP contribution is -2.31. The molecule has 4 nitrogen and oxygen atoms in total. The number of hydrogen-bond acceptors (Lipinski definition) is 5. The Morgan fingerprint density at radius 1 is 1.17 bits per heavy atom. The van der Waals surface area contributed by atoms with Gasteiger partial charge in [0, 0.05) is 24.2 Å². The second kappa shape index (κ2) is 8.62. The second-order valence-electron chi connectivity index (χ2n) is 6.15. The molecule has 1 saturated heterocycles. The van der Waals surface area contributed by atoms with E-state index in [2.05, 4.69) is 34.5 Å². The fourth-order valence-electron chi connectivity index (χ4n) is 3.06. The van der Waals surface area contributed by atoms with E-state index in [-0.39, 0.29) is 5.37 Å². The minimum Gasteiger partial charge on any atom is -0.494 e. The van der Waals surface area contributed by atoms with E-state index in [1.54, 1.807) is 11.8 Å². The molecule has 0 saturated carbocycles. The van der Waals surface area contributed by atoms with E-state index >= 15 is 0 Å². The van der Waals surface area contributed by atoms with E-state index in [1.807, 2.05) is 6.20 Å². The molecule has 2 aliphatic rings. The van der Waals surface area contributed by atoms with E-state index in [0.29, 0.717) is 6.54 Å². The summed E-state index contributed by atoms with van der Waals surface area (Å²) < 4.78 is 5.87. The Morgan fingerprint density at radius 3 is 2.65 bits per heavy atom. The van der Waals surface area contributed by atoms with E-state index in [4.69, 9.17) is 10.5 Å². The van der Waals surface area contributed by atoms with Crippen molar-refractivity contribution in [1.29, 1.82) is 0 Å². The number of nitrogens with two attached hydrogens (primary N) is 1. The Bertz CT molecular complexity index is 512. The fourth-order valence-corrected chi connectivity index (χ4v) is 4.02. The Hall–Kier alpha value is -1.17. The maximum atomic E-state index is 5.87. The maximum Gasteiger partial charge on any atom is 0.119 e. The van der Waals surface area contributed by atoms with Gasteiger partial charge in [0.05, 0.1) is 6.61 Å². The Morgan fingerprint density at radius 2 is 1.96 bits per heavy atom. The SMILES string of the molecule is NCC1=CNC(c2ccc(OCCCN3CCCCC3)cc2)S1. The summed E-state index contributed by atoms with van der Waals surface area (Å²) in [5.41, 5.74) is 6.93. The summed E-state index contributed by atoms with van der Waals surface area (Å²) in [6.45, 7) is 5.09. The average Bonchev–Trinajstić information content (AvgIpc) is 3.09. The third-order valence-corrected chi connectivity index (χ3v) is 5.62. The van der Waals surface area contributed by atoms with Crippen molar-refractivity contribution in [3.63, 3.8) is 0 Å². The summed E-state index contributed by atoms with van der Waals surface area (Å²) in [6.07, 6.45) is 7.23. The molecule has 1 atom stereocenters. The molecule has 23 heavy (non-hydrogen) atoms. The van der Waals surface area contributed by atoms with Gasteiger partial charge in [0.25, 0.3) is 0 Å². The summed E-state index contributed by atoms with van der Waals surface area (Å²) in [7, 11) is 0. The van der Waals surface area contributed by atoms with Gasteiger partial charge in [0.15, 0.2) is 0 Å². The van der Waals surface area contributed by atoms with Gasteiger partial charge in [-0.3, -0.25) is 0 Å². The van der Waals surface area contributed by atoms with E-state index in [0.717, 1.165) is 25.3 Å². The first-order chi connectivity index (χ1) is 11.3. The summed E-state index contributed by atoms with van der Waals surface area (Å²) >= 11 is 1.79. The molecular weight excluding hydrogens is 306 g/mol. The van der Waals surface area contributed by atoms with Crippen molar-refractivity contribution in [1.82, 2.24) is 10.2 Å². The van der Waals surface area contributed by atoms with Crippen LogP contribution >= 0.6 is 11.8 Å². The van der Waals surface area contributed by atoms with E-state index < -0.39 is 0 Å². The number of nitrogens with zero attached hydrogens (tertiary/aromatic N) is 1. The van der Waals surface area contributed by atoms with Gasteiger partial charge in [-0.25, -0.2) is 0 Å². The van der Waals surface area contributed by atoms with Crippen molar-refractivity contribution in [3.8, 4) is 5.75 Å². The second-order valence-corrected chi connectivity index (χ2v) is 7.38. The number of hydrogen-bond donors (Lipinski definition) is 2. The third-order valence-electron chi connectivity index (χ3n) is 4.39. The molecule has 3 N–H and O–H groups in total. The molecular formula is C18H27N3OS. The molecule has 2 aliphatic heterocycles. The number of piperidine rings is 1. The highest BCUT2D eigenvalue weighted by Crippen LogP contribution is 2.36. The molecule has 1 fully saturated rings. The number of benzene rings is 1. The van der Waals surface area contributed by atoms with Crippen LogP contribution in [0.1, 0.15) is 36.6 Å². The quantitative estimate of drug-likeness (QED) is 0.751. The fraction of sp³-hybridized carbons (Fsp3) is 0.556. The topological polar surface area (TPSA) is 50.5 Å². The minimum absolute atomic E-state index is 0.279. The first-order valence-electron chi connectivity index (χ1n) is 8.62. The Kier molecular flexibility index (Phi) is 6.25. The monoisotopic (exact) mass is 333 g/mol. The number of likely N-dealkylation sites (tertiary alicyclic amines) is 1. The zero-order valence-electron chi connectivity index (χ0n) is 13.7. The highest BCUT2D eigenvalue weighted by molar-refractivity contribution is 8.03. The van der Waals surface area contributed by atoms with Gasteiger partial charge in [0.1, 0.15) is 11.1 Å². The largest absolute Gasteiger partial charge is 0.494 e. The highest BCUT2D eigenvalue weighted by atomic mass is 32.2. The minimum atomic E-state index is 0.279. The standard InChI is InChI=1S/C18H27N3OS/c19-13-17-14-20-18(23-17)15-5-7-16(8-6-15)22-12-4-11-21-9-2-1-3-10-21/h5-8,14,18,20H,1-4,9-13,19H2. The zero-order valence-corrected chi connectivity index (χ0v) is 14.5. The molecule has 0 radical (unpaired) electrons. The molecule has 0 aliphatic carbocycles. The lowest BCUT2D eigenvalue weighted by molar-refractivity contribution is 0.205. The molecule has 3 rings (SSSR count). The average molecular weight is 334 g/mol. The molecule has 126 valence electrons. The van der Waals surface area contributed by atoms with Crippen LogP contribution in [0.4, 0.5) is 0 Å². The predicted molar refractivity (Wildman–Crippen MR) is 97.5 cm³/mol. The number of thioether (sulfide) groups is 1. The summed E-state index contributed by atoms with van der Waals surface area (Å²) in [4.78, 5) is 3.76. The van der Waals surface area contributed by atoms with Crippen molar-refractivity contribution >= 4 is 11.8 Å². The van der Waals surface area contributed by atoms with Crippen LogP contribution in [0.15, 0.2) is 35.4 Å². The van der Waals surface area contributed by atoms with Crippen molar-refractivity contribution in [2.75, 3.05) is 32.8 Å². The Balaban J connectivity index is 1.38. The normalized spacial score (nSPS) is 21.8. The first kappa shape index (κ1) is 16.7. The predicted octanol–water partition coefficient (Wildman–Crippen LogP) is 3.08. The Labute approximate surface area is 143 Å². The van der Waals surface area contributed by atoms with Gasteiger partial charge in [0.2, 0.25) is 0 Å². The lowest BCUT2D eigenvalue weighted by atomic mass is 10.1. The van der Waals surface area contributed by atoms with Crippen LogP contribution in [0.5, 0.6) is 5.75 Å². The highest BCUT2D eigenvalue weighted by Gasteiger charge is 2.17. The van der Waals surface area contributed by atoms with E-state index in [9.17, 15) is 0 Å². The molecule has 2 heterocycles. The van der Waals surface area contributed by atoms with Crippen LogP contribution in [0.2, 0.25) is 0 Å². The van der Waals surface area contributed by atoms with Crippen molar-refractivity contribution < 1.29 is 4.74 Å². The molecule has 1 unspecified atom stereocenters. The summed E-state index contributed by atoms with van der Waals surface area (Å²) in [5, 5.41) is 3.64. The number of rotatable bonds is 7. The van der Waals surface area contributed by atoms with Gasteiger partial charge in [-0.05, 0) is 50.0 Å². The third kappa shape index (κ3) is 4.90. The molecule has 0 amide bonds. The van der Waals surface area contributed by atoms with Crippen LogP contribution < -0.4 is 15.8 Å². The smallest absolute Gasteiger partial charge is 0.119 e. The number of ether oxygens (including phenoxy) is 1. The van der Waals surface area contributed by atoms with Gasteiger partial charge in [-0.1, -0.05) is 30.3 Å². The summed E-state index contributed by atoms with van der Waals surface area (Å²) in [5.74, 6) is 0.961. The maximum absolute atomic E-state index is 5.87.